The van der Waals surface area contributed by atoms with Crippen LogP contribution >= 0.6 is 0 Å². The summed E-state index contributed by atoms with van der Waals surface area (Å²) in [5.74, 6) is 1.08. The van der Waals surface area contributed by atoms with E-state index in [4.69, 9.17) is 10.5 Å². The molecule has 6 heteroatoms. The molecule has 1 aromatic carbocycles. The maximum Gasteiger partial charge on any atom is 0.257 e. The van der Waals surface area contributed by atoms with Gasteiger partial charge in [-0.15, -0.1) is 0 Å². The van der Waals surface area contributed by atoms with Crippen molar-refractivity contribution in [1.82, 2.24) is 15.3 Å². The SMILES string of the molecule is COc1ccc(-c2ncc(C(=O)NC(C)(C)C)c(N)n2)cc1. The number of nitrogens with one attached hydrogen (secondary N) is 1. The van der Waals surface area contributed by atoms with E-state index in [1.54, 1.807) is 7.11 Å². The van der Waals surface area contributed by atoms with Gasteiger partial charge in [0.1, 0.15) is 11.6 Å². The summed E-state index contributed by atoms with van der Waals surface area (Å²) in [7, 11) is 1.60. The molecule has 0 unspecified atom stereocenters. The molecular weight excluding hydrogens is 280 g/mol. The van der Waals surface area contributed by atoms with Gasteiger partial charge in [-0.25, -0.2) is 9.97 Å². The number of aromatic nitrogens is 2. The zero-order valence-electron chi connectivity index (χ0n) is 13.2. The van der Waals surface area contributed by atoms with Gasteiger partial charge in [0.25, 0.3) is 5.91 Å². The van der Waals surface area contributed by atoms with Crippen LogP contribution in [0, 0.1) is 0 Å². The third kappa shape index (κ3) is 3.72. The average molecular weight is 300 g/mol. The second kappa shape index (κ2) is 6.01. The largest absolute Gasteiger partial charge is 0.497 e. The molecule has 0 atom stereocenters. The normalized spacial score (nSPS) is 11.1. The molecule has 0 aliphatic heterocycles. The van der Waals surface area contributed by atoms with Gasteiger partial charge in [0, 0.05) is 17.3 Å². The molecule has 0 aliphatic rings. The smallest absolute Gasteiger partial charge is 0.257 e. The number of carbonyl (C=O) groups excluding carboxylic acids is 1. The number of hydrogen-bond acceptors (Lipinski definition) is 5. The van der Waals surface area contributed by atoms with Crippen LogP contribution in [0.3, 0.4) is 0 Å². The molecule has 0 bridgehead atoms. The second-order valence-corrected chi connectivity index (χ2v) is 5.93. The molecule has 1 heterocycles. The van der Waals surface area contributed by atoms with Gasteiger partial charge in [-0.05, 0) is 45.0 Å². The highest BCUT2D eigenvalue weighted by molar-refractivity contribution is 5.98. The summed E-state index contributed by atoms with van der Waals surface area (Å²) >= 11 is 0. The zero-order chi connectivity index (χ0) is 16.3. The molecule has 116 valence electrons. The molecule has 2 aromatic rings. The van der Waals surface area contributed by atoms with Crippen LogP contribution in [0.5, 0.6) is 5.75 Å². The lowest BCUT2D eigenvalue weighted by Gasteiger charge is -2.20. The van der Waals surface area contributed by atoms with Crippen LogP contribution < -0.4 is 15.8 Å². The number of rotatable bonds is 3. The highest BCUT2D eigenvalue weighted by Gasteiger charge is 2.18. The molecule has 0 radical (unpaired) electrons. The second-order valence-electron chi connectivity index (χ2n) is 5.93. The molecule has 6 nitrogen and oxygen atoms in total. The molecule has 0 aliphatic carbocycles. The summed E-state index contributed by atoms with van der Waals surface area (Å²) < 4.78 is 5.11. The number of ether oxygens (including phenoxy) is 1. The fourth-order valence-corrected chi connectivity index (χ4v) is 1.86. The third-order valence-corrected chi connectivity index (χ3v) is 2.90. The molecule has 2 rings (SSSR count). The number of hydrogen-bond donors (Lipinski definition) is 2. The van der Waals surface area contributed by atoms with E-state index in [9.17, 15) is 4.79 Å². The summed E-state index contributed by atoms with van der Waals surface area (Å²) in [5.41, 5.74) is 6.62. The minimum Gasteiger partial charge on any atom is -0.497 e. The van der Waals surface area contributed by atoms with Gasteiger partial charge in [0.05, 0.1) is 12.7 Å². The van der Waals surface area contributed by atoms with Crippen molar-refractivity contribution < 1.29 is 9.53 Å². The lowest BCUT2D eigenvalue weighted by atomic mass is 10.1. The molecule has 3 N–H and O–H groups in total. The minimum absolute atomic E-state index is 0.155. The molecule has 1 amide bonds. The zero-order valence-corrected chi connectivity index (χ0v) is 13.2. The van der Waals surface area contributed by atoms with Crippen molar-refractivity contribution in [2.24, 2.45) is 0 Å². The molecule has 0 fully saturated rings. The molecular formula is C16H20N4O2. The van der Waals surface area contributed by atoms with Crippen molar-refractivity contribution in [2.45, 2.75) is 26.3 Å². The van der Waals surface area contributed by atoms with E-state index in [0.717, 1.165) is 11.3 Å². The molecule has 0 saturated carbocycles. The maximum atomic E-state index is 12.1. The summed E-state index contributed by atoms with van der Waals surface area (Å²) in [5, 5.41) is 2.84. The van der Waals surface area contributed by atoms with E-state index >= 15 is 0 Å². The Morgan fingerprint density at radius 3 is 2.36 bits per heavy atom. The Morgan fingerprint density at radius 2 is 1.86 bits per heavy atom. The predicted molar refractivity (Wildman–Crippen MR) is 85.7 cm³/mol. The number of nitrogens with two attached hydrogens (primary N) is 1. The molecule has 0 spiro atoms. The van der Waals surface area contributed by atoms with Crippen molar-refractivity contribution in [3.05, 3.63) is 36.0 Å². The Morgan fingerprint density at radius 1 is 1.23 bits per heavy atom. The number of carbonyl (C=O) groups is 1. The van der Waals surface area contributed by atoms with Crippen molar-refractivity contribution in [1.29, 1.82) is 0 Å². The first kappa shape index (κ1) is 15.8. The Balaban J connectivity index is 2.27. The van der Waals surface area contributed by atoms with E-state index in [2.05, 4.69) is 15.3 Å². The van der Waals surface area contributed by atoms with E-state index in [1.807, 2.05) is 45.0 Å². The van der Waals surface area contributed by atoms with Crippen LogP contribution in [-0.2, 0) is 0 Å². The van der Waals surface area contributed by atoms with E-state index < -0.39 is 0 Å². The highest BCUT2D eigenvalue weighted by atomic mass is 16.5. The third-order valence-electron chi connectivity index (χ3n) is 2.90. The summed E-state index contributed by atoms with van der Waals surface area (Å²) in [4.78, 5) is 20.6. The van der Waals surface area contributed by atoms with Crippen LogP contribution in [0.1, 0.15) is 31.1 Å². The summed E-state index contributed by atoms with van der Waals surface area (Å²) in [6.07, 6.45) is 1.45. The highest BCUT2D eigenvalue weighted by Crippen LogP contribution is 2.21. The minimum atomic E-state index is -0.349. The molecule has 0 saturated heterocycles. The average Bonchev–Trinajstić information content (AvgIpc) is 2.45. The topological polar surface area (TPSA) is 90.1 Å². The Hall–Kier alpha value is -2.63. The number of nitrogen functional groups attached to an aromatic ring is 1. The van der Waals surface area contributed by atoms with Gasteiger partial charge in [0.2, 0.25) is 0 Å². The predicted octanol–water partition coefficient (Wildman–Crippen LogP) is 2.26. The standard InChI is InChI=1S/C16H20N4O2/c1-16(2,3)20-15(21)12-9-18-14(19-13(12)17)10-5-7-11(22-4)8-6-10/h5-9H,1-4H3,(H,20,21)(H2,17,18,19). The fraction of sp³-hybridized carbons (Fsp3) is 0.312. The van der Waals surface area contributed by atoms with Gasteiger partial charge in [-0.1, -0.05) is 0 Å². The summed E-state index contributed by atoms with van der Waals surface area (Å²) in [6.45, 7) is 5.69. The van der Waals surface area contributed by atoms with Crippen LogP contribution in [0.15, 0.2) is 30.5 Å². The van der Waals surface area contributed by atoms with Gasteiger partial charge in [-0.2, -0.15) is 0 Å². The maximum absolute atomic E-state index is 12.1. The van der Waals surface area contributed by atoms with Crippen LogP contribution in [0.25, 0.3) is 11.4 Å². The lowest BCUT2D eigenvalue weighted by molar-refractivity contribution is 0.0920. The molecule has 1 aromatic heterocycles. The number of benzene rings is 1. The van der Waals surface area contributed by atoms with Gasteiger partial charge in [-0.3, -0.25) is 4.79 Å². The number of amides is 1. The Labute approximate surface area is 129 Å². The first-order valence-corrected chi connectivity index (χ1v) is 6.89. The van der Waals surface area contributed by atoms with E-state index in [0.29, 0.717) is 5.82 Å². The Kier molecular flexibility index (Phi) is 4.30. The number of nitrogens with zero attached hydrogens (tertiary/aromatic N) is 2. The van der Waals surface area contributed by atoms with Gasteiger partial charge >= 0.3 is 0 Å². The quantitative estimate of drug-likeness (QED) is 0.907. The van der Waals surface area contributed by atoms with Gasteiger partial charge in [0.15, 0.2) is 5.82 Å². The van der Waals surface area contributed by atoms with Crippen LogP contribution in [0.2, 0.25) is 0 Å². The molecule has 22 heavy (non-hydrogen) atoms. The van der Waals surface area contributed by atoms with Crippen molar-refractivity contribution >= 4 is 11.7 Å². The van der Waals surface area contributed by atoms with Crippen molar-refractivity contribution in [3.8, 4) is 17.1 Å². The number of methoxy groups -OCH3 is 1. The van der Waals surface area contributed by atoms with E-state index in [1.165, 1.54) is 6.20 Å². The lowest BCUT2D eigenvalue weighted by Crippen LogP contribution is -2.41. The van der Waals surface area contributed by atoms with E-state index in [-0.39, 0.29) is 22.8 Å². The van der Waals surface area contributed by atoms with Crippen molar-refractivity contribution in [2.75, 3.05) is 12.8 Å². The Bertz CT molecular complexity index is 676. The first-order valence-electron chi connectivity index (χ1n) is 6.89. The van der Waals surface area contributed by atoms with Gasteiger partial charge < -0.3 is 15.8 Å². The van der Waals surface area contributed by atoms with Crippen LogP contribution in [-0.4, -0.2) is 28.5 Å². The summed E-state index contributed by atoms with van der Waals surface area (Å²) in [6, 6.07) is 7.30. The number of anilines is 1. The van der Waals surface area contributed by atoms with Crippen LogP contribution in [0.4, 0.5) is 5.82 Å². The fourth-order valence-electron chi connectivity index (χ4n) is 1.86. The van der Waals surface area contributed by atoms with Crippen molar-refractivity contribution in [3.63, 3.8) is 0 Å². The monoisotopic (exact) mass is 300 g/mol. The first-order chi connectivity index (χ1) is 10.3.